The van der Waals surface area contributed by atoms with Crippen LogP contribution in [-0.2, 0) is 14.3 Å². The van der Waals surface area contributed by atoms with Gasteiger partial charge in [-0.1, -0.05) is 294 Å². The first-order valence-corrected chi connectivity index (χ1v) is 32.9. The van der Waals surface area contributed by atoms with E-state index in [1.807, 2.05) is 6.08 Å². The van der Waals surface area contributed by atoms with Crippen molar-refractivity contribution >= 4 is 11.9 Å². The minimum Gasteiger partial charge on any atom is -0.466 e. The van der Waals surface area contributed by atoms with Crippen LogP contribution in [0.2, 0.25) is 0 Å². The molecule has 0 aromatic heterocycles. The van der Waals surface area contributed by atoms with Crippen molar-refractivity contribution in [2.75, 3.05) is 13.2 Å². The zero-order valence-corrected chi connectivity index (χ0v) is 49.6. The molecular weight excluding hydrogens is 911 g/mol. The molecule has 0 saturated carbocycles. The van der Waals surface area contributed by atoms with Gasteiger partial charge in [0.25, 0.3) is 0 Å². The molecule has 0 aliphatic heterocycles. The third-order valence-corrected chi connectivity index (χ3v) is 15.1. The minimum atomic E-state index is -0.849. The number of nitrogens with one attached hydrogen (secondary N) is 1. The van der Waals surface area contributed by atoms with Crippen molar-refractivity contribution in [3.05, 3.63) is 48.6 Å². The van der Waals surface area contributed by atoms with E-state index in [4.69, 9.17) is 4.74 Å². The molecular formula is C68H127NO5. The van der Waals surface area contributed by atoms with E-state index < -0.39 is 12.1 Å². The van der Waals surface area contributed by atoms with Gasteiger partial charge in [0.05, 0.1) is 25.4 Å². The molecule has 3 N–H and O–H groups in total. The second-order valence-corrected chi connectivity index (χ2v) is 22.4. The molecule has 0 rings (SSSR count). The molecule has 0 saturated heterocycles. The van der Waals surface area contributed by atoms with Crippen LogP contribution in [0.25, 0.3) is 0 Å². The predicted molar refractivity (Wildman–Crippen MR) is 324 cm³/mol. The number of hydrogen-bond donors (Lipinski definition) is 3. The number of hydrogen-bond acceptors (Lipinski definition) is 5. The Labute approximate surface area is 461 Å². The first-order valence-electron chi connectivity index (χ1n) is 32.9. The maximum atomic E-state index is 12.5. The third kappa shape index (κ3) is 59.1. The summed E-state index contributed by atoms with van der Waals surface area (Å²) in [5, 5.41) is 23.2. The van der Waals surface area contributed by atoms with Gasteiger partial charge in [0.15, 0.2) is 0 Å². The lowest BCUT2D eigenvalue weighted by Crippen LogP contribution is -2.45. The number of carbonyl (C=O) groups is 2. The van der Waals surface area contributed by atoms with Crippen LogP contribution in [0.3, 0.4) is 0 Å². The molecule has 434 valence electrons. The highest BCUT2D eigenvalue weighted by atomic mass is 16.5. The highest BCUT2D eigenvalue weighted by Crippen LogP contribution is 2.17. The Hall–Kier alpha value is -2.18. The van der Waals surface area contributed by atoms with E-state index in [1.54, 1.807) is 6.08 Å². The number of rotatable bonds is 61. The van der Waals surface area contributed by atoms with Crippen LogP contribution in [-0.4, -0.2) is 47.4 Å². The van der Waals surface area contributed by atoms with Gasteiger partial charge in [-0.2, -0.15) is 0 Å². The van der Waals surface area contributed by atoms with Gasteiger partial charge in [-0.25, -0.2) is 0 Å². The van der Waals surface area contributed by atoms with E-state index >= 15 is 0 Å². The molecule has 6 nitrogen and oxygen atoms in total. The summed E-state index contributed by atoms with van der Waals surface area (Å²) >= 11 is 0. The fourth-order valence-corrected chi connectivity index (χ4v) is 10.0. The average Bonchev–Trinajstić information content (AvgIpc) is 3.40. The Kier molecular flexibility index (Phi) is 61.5. The van der Waals surface area contributed by atoms with Crippen molar-refractivity contribution < 1.29 is 24.5 Å². The maximum Gasteiger partial charge on any atom is 0.305 e. The van der Waals surface area contributed by atoms with E-state index in [9.17, 15) is 19.8 Å². The number of unbranched alkanes of at least 4 members (excludes halogenated alkanes) is 44. The fourth-order valence-electron chi connectivity index (χ4n) is 10.0. The molecule has 0 aliphatic rings. The molecule has 74 heavy (non-hydrogen) atoms. The van der Waals surface area contributed by atoms with Crippen molar-refractivity contribution in [1.29, 1.82) is 0 Å². The molecule has 0 bridgehead atoms. The second kappa shape index (κ2) is 63.4. The molecule has 1 amide bonds. The highest BCUT2D eigenvalue weighted by Gasteiger charge is 2.18. The van der Waals surface area contributed by atoms with E-state index in [0.717, 1.165) is 51.4 Å². The van der Waals surface area contributed by atoms with Crippen LogP contribution < -0.4 is 5.32 Å². The fraction of sp³-hybridized carbons (Fsp3) is 0.853. The van der Waals surface area contributed by atoms with Crippen LogP contribution in [0.1, 0.15) is 348 Å². The van der Waals surface area contributed by atoms with Gasteiger partial charge in [-0.15, -0.1) is 0 Å². The monoisotopic (exact) mass is 1040 g/mol. The molecule has 0 spiro atoms. The second-order valence-electron chi connectivity index (χ2n) is 22.4. The Morgan fingerprint density at radius 1 is 0.378 bits per heavy atom. The minimum absolute atomic E-state index is 0.00206. The number of amides is 1. The zero-order chi connectivity index (χ0) is 53.6. The van der Waals surface area contributed by atoms with E-state index in [0.29, 0.717) is 19.4 Å². The van der Waals surface area contributed by atoms with E-state index in [-0.39, 0.29) is 18.5 Å². The van der Waals surface area contributed by atoms with Gasteiger partial charge in [0, 0.05) is 12.8 Å². The highest BCUT2D eigenvalue weighted by molar-refractivity contribution is 5.76. The summed E-state index contributed by atoms with van der Waals surface area (Å²) in [4.78, 5) is 24.5. The van der Waals surface area contributed by atoms with Crippen LogP contribution in [0, 0.1) is 0 Å². The lowest BCUT2D eigenvalue weighted by Gasteiger charge is -2.20. The summed E-state index contributed by atoms with van der Waals surface area (Å²) in [6, 6.07) is -0.632. The Morgan fingerprint density at radius 3 is 1.07 bits per heavy atom. The smallest absolute Gasteiger partial charge is 0.305 e. The van der Waals surface area contributed by atoms with Gasteiger partial charge >= 0.3 is 5.97 Å². The van der Waals surface area contributed by atoms with Crippen molar-refractivity contribution in [1.82, 2.24) is 5.32 Å². The molecule has 0 aliphatic carbocycles. The van der Waals surface area contributed by atoms with Crippen LogP contribution in [0.15, 0.2) is 48.6 Å². The zero-order valence-electron chi connectivity index (χ0n) is 49.6. The lowest BCUT2D eigenvalue weighted by atomic mass is 10.0. The normalized spacial score (nSPS) is 12.9. The molecule has 2 atom stereocenters. The molecule has 6 heteroatoms. The Morgan fingerprint density at radius 2 is 0.676 bits per heavy atom. The Bertz CT molecular complexity index is 1240. The number of esters is 1. The number of carbonyl (C=O) groups excluding carboxylic acids is 2. The molecule has 0 aromatic carbocycles. The van der Waals surface area contributed by atoms with Gasteiger partial charge in [-0.3, -0.25) is 9.59 Å². The summed E-state index contributed by atoms with van der Waals surface area (Å²) in [6.07, 6.45) is 81.6. The van der Waals surface area contributed by atoms with Crippen molar-refractivity contribution in [3.8, 4) is 0 Å². The van der Waals surface area contributed by atoms with Crippen molar-refractivity contribution in [2.24, 2.45) is 0 Å². The molecule has 0 heterocycles. The molecule has 0 aromatic rings. The summed E-state index contributed by atoms with van der Waals surface area (Å²) in [5.41, 5.74) is 0. The molecule has 0 fully saturated rings. The summed E-state index contributed by atoms with van der Waals surface area (Å²) in [5.74, 6) is -0.0729. The maximum absolute atomic E-state index is 12.5. The van der Waals surface area contributed by atoms with Gasteiger partial charge in [-0.05, 0) is 89.9 Å². The van der Waals surface area contributed by atoms with Crippen LogP contribution in [0.4, 0.5) is 0 Å². The van der Waals surface area contributed by atoms with Gasteiger partial charge in [0.1, 0.15) is 0 Å². The van der Waals surface area contributed by atoms with Crippen LogP contribution in [0.5, 0.6) is 0 Å². The first kappa shape index (κ1) is 71.8. The van der Waals surface area contributed by atoms with Crippen molar-refractivity contribution in [3.63, 3.8) is 0 Å². The molecule has 2 unspecified atom stereocenters. The van der Waals surface area contributed by atoms with Crippen LogP contribution >= 0.6 is 0 Å². The number of ether oxygens (including phenoxy) is 1. The third-order valence-electron chi connectivity index (χ3n) is 15.1. The van der Waals surface area contributed by atoms with Gasteiger partial charge < -0.3 is 20.3 Å². The molecule has 0 radical (unpaired) electrons. The summed E-state index contributed by atoms with van der Waals surface area (Å²) < 4.78 is 5.48. The quantitative estimate of drug-likeness (QED) is 0.0320. The van der Waals surface area contributed by atoms with Gasteiger partial charge in [0.2, 0.25) is 5.91 Å². The summed E-state index contributed by atoms with van der Waals surface area (Å²) in [6.45, 7) is 4.89. The SMILES string of the molecule is CCCCC/C=C\C/C=C\CCCCCCCC(=O)OCCCCCCCCCCCCCC/C=C\CCCCCCCCCCC(=O)NC(CO)C(O)/C=C/CCCCCCCCCCCCCCCCCC. The largest absolute Gasteiger partial charge is 0.466 e. The van der Waals surface area contributed by atoms with E-state index in [2.05, 4.69) is 55.6 Å². The number of allylic oxidation sites excluding steroid dienone is 7. The topological polar surface area (TPSA) is 95.9 Å². The average molecular weight is 1040 g/mol. The standard InChI is InChI=1S/C68H127NO5/c1-3-5-7-9-11-13-15-17-19-20-29-33-36-40-44-48-52-56-60-66(71)65(64-70)69-67(72)61-57-53-49-45-41-37-34-30-27-25-23-21-22-24-26-28-31-35-39-43-47-51-55-59-63-74-68(73)62-58-54-50-46-42-38-32-18-16-14-12-10-8-6-4-2/h12,14,18,23,25,32,56,60,65-66,70-71H,3-11,13,15-17,19-22,24,26-31,33-55,57-59,61-64H2,1-2H3,(H,69,72)/b14-12-,25-23-,32-18-,60-56+. The first-order chi connectivity index (χ1) is 36.5. The Balaban J connectivity index is 3.44. The number of aliphatic hydroxyl groups excluding tert-OH is 2. The predicted octanol–water partition coefficient (Wildman–Crippen LogP) is 20.9. The lowest BCUT2D eigenvalue weighted by molar-refractivity contribution is -0.143. The van der Waals surface area contributed by atoms with Crippen molar-refractivity contribution in [2.45, 2.75) is 360 Å². The number of aliphatic hydroxyl groups is 2. The van der Waals surface area contributed by atoms with E-state index in [1.165, 1.54) is 270 Å². The summed E-state index contributed by atoms with van der Waals surface area (Å²) in [7, 11) is 0.